The molecule has 236 valence electrons. The molecule has 1 aromatic carbocycles. The van der Waals surface area contributed by atoms with Gasteiger partial charge in [-0.15, -0.1) is 0 Å². The topological polar surface area (TPSA) is 74.6 Å². The van der Waals surface area contributed by atoms with Gasteiger partial charge in [0.15, 0.2) is 15.4 Å². The van der Waals surface area contributed by atoms with E-state index in [0.29, 0.717) is 31.1 Å². The third-order valence-electron chi connectivity index (χ3n) is 12.6. The van der Waals surface area contributed by atoms with Gasteiger partial charge in [0.05, 0.1) is 15.7 Å². The van der Waals surface area contributed by atoms with Crippen LogP contribution in [-0.2, 0) is 9.84 Å². The quantitative estimate of drug-likeness (QED) is 0.321. The Bertz CT molecular complexity index is 1290. The molecule has 1 aromatic rings. The first-order chi connectivity index (χ1) is 19.3. The van der Waals surface area contributed by atoms with Crippen LogP contribution in [0.5, 0.6) is 0 Å². The van der Waals surface area contributed by atoms with Crippen molar-refractivity contribution in [2.24, 2.45) is 40.4 Å². The molecule has 0 radical (unpaired) electrons. The Balaban J connectivity index is 1.49. The van der Waals surface area contributed by atoms with E-state index in [1.54, 1.807) is 18.2 Å². The Kier molecular flexibility index (Phi) is 8.09. The van der Waals surface area contributed by atoms with E-state index in [4.69, 9.17) is 0 Å². The van der Waals surface area contributed by atoms with Gasteiger partial charge in [-0.05, 0) is 118 Å². The number of halogens is 3. The van der Waals surface area contributed by atoms with Gasteiger partial charge in [0.25, 0.3) is 0 Å². The molecule has 1 unspecified atom stereocenters. The number of benzene rings is 1. The minimum atomic E-state index is -4.94. The molecular formula is C34H49F3O4S. The zero-order valence-electron chi connectivity index (χ0n) is 25.8. The minimum Gasteiger partial charge on any atom is -0.390 e. The van der Waals surface area contributed by atoms with Crippen LogP contribution in [0.25, 0.3) is 0 Å². The first-order valence-corrected chi connectivity index (χ1v) is 17.4. The largest absolute Gasteiger partial charge is 0.416 e. The number of hydrogen-bond acceptors (Lipinski definition) is 4. The van der Waals surface area contributed by atoms with Gasteiger partial charge in [-0.2, -0.15) is 13.2 Å². The second-order valence-corrected chi connectivity index (χ2v) is 17.4. The number of rotatable bonds is 6. The van der Waals surface area contributed by atoms with Gasteiger partial charge < -0.3 is 10.2 Å². The lowest BCUT2D eigenvalue weighted by molar-refractivity contribution is -0.256. The zero-order chi connectivity index (χ0) is 30.9. The molecular weight excluding hydrogens is 561 g/mol. The van der Waals surface area contributed by atoms with Crippen molar-refractivity contribution in [2.75, 3.05) is 0 Å². The van der Waals surface area contributed by atoms with Crippen molar-refractivity contribution in [3.8, 4) is 0 Å². The number of alkyl halides is 3. The van der Waals surface area contributed by atoms with E-state index >= 15 is 0 Å². The number of hydrogen-bond donors (Lipinski definition) is 2. The van der Waals surface area contributed by atoms with Gasteiger partial charge in [0.1, 0.15) is 0 Å². The van der Waals surface area contributed by atoms with Crippen molar-refractivity contribution < 1.29 is 31.8 Å². The van der Waals surface area contributed by atoms with Crippen LogP contribution in [0.4, 0.5) is 13.2 Å². The van der Waals surface area contributed by atoms with Gasteiger partial charge >= 0.3 is 6.18 Å². The Labute approximate surface area is 250 Å². The number of fused-ring (bicyclic) bond motifs is 5. The standard InChI is InChI=1S/C34H49F3O4S/c1-22(29(21-33(5,39)34(35,36)37)42(40,41)24-10-7-6-8-11-24)26-12-9-13-27-25-15-14-23-20-30(2,38)18-19-31(23,3)28(25)16-17-32(26,27)4/h6-8,10-11,14,22,25-29,38-39H,9,12-13,15-21H2,1-5H3/t22-,25-,26+,27-,28-,29?,30-,31-,32+,33-/m0/s1. The van der Waals surface area contributed by atoms with Crippen LogP contribution in [0.3, 0.4) is 0 Å². The summed E-state index contributed by atoms with van der Waals surface area (Å²) in [5.41, 5.74) is -2.55. The maximum atomic E-state index is 14.1. The Morgan fingerprint density at radius 1 is 1.00 bits per heavy atom. The summed E-state index contributed by atoms with van der Waals surface area (Å²) in [6.07, 6.45) is 4.62. The van der Waals surface area contributed by atoms with Gasteiger partial charge in [-0.1, -0.05) is 57.0 Å². The summed E-state index contributed by atoms with van der Waals surface area (Å²) in [4.78, 5) is 0.00657. The molecule has 0 aromatic heterocycles. The molecule has 3 fully saturated rings. The lowest BCUT2D eigenvalue weighted by Crippen LogP contribution is -2.57. The van der Waals surface area contributed by atoms with Crippen LogP contribution in [0.2, 0.25) is 0 Å². The summed E-state index contributed by atoms with van der Waals surface area (Å²) in [5, 5.41) is 20.0. The normalized spacial score (nSPS) is 40.0. The smallest absolute Gasteiger partial charge is 0.390 e. The van der Waals surface area contributed by atoms with Crippen LogP contribution in [-0.4, -0.2) is 41.3 Å². The first-order valence-electron chi connectivity index (χ1n) is 15.8. The molecule has 42 heavy (non-hydrogen) atoms. The Morgan fingerprint density at radius 3 is 2.31 bits per heavy atom. The Hall–Kier alpha value is -1.38. The molecule has 8 heteroatoms. The van der Waals surface area contributed by atoms with Gasteiger partial charge in [-0.3, -0.25) is 0 Å². The minimum absolute atomic E-state index is 0.00657. The summed E-state index contributed by atoms with van der Waals surface area (Å²) >= 11 is 0. The molecule has 0 saturated heterocycles. The van der Waals surface area contributed by atoms with E-state index in [2.05, 4.69) is 19.9 Å². The highest BCUT2D eigenvalue weighted by Crippen LogP contribution is 2.67. The van der Waals surface area contributed by atoms with Crippen molar-refractivity contribution >= 4 is 9.84 Å². The lowest BCUT2D eigenvalue weighted by Gasteiger charge is -2.63. The maximum absolute atomic E-state index is 14.1. The summed E-state index contributed by atoms with van der Waals surface area (Å²) in [6.45, 7) is 9.11. The van der Waals surface area contributed by atoms with Crippen molar-refractivity contribution in [1.82, 2.24) is 0 Å². The van der Waals surface area contributed by atoms with Crippen molar-refractivity contribution in [3.63, 3.8) is 0 Å². The third-order valence-corrected chi connectivity index (χ3v) is 14.9. The molecule has 3 saturated carbocycles. The predicted octanol–water partition coefficient (Wildman–Crippen LogP) is 7.89. The summed E-state index contributed by atoms with van der Waals surface area (Å²) in [7, 11) is -4.16. The third kappa shape index (κ3) is 5.29. The highest BCUT2D eigenvalue weighted by Gasteiger charge is 2.60. The van der Waals surface area contributed by atoms with Crippen LogP contribution in [0.1, 0.15) is 98.8 Å². The fraction of sp³-hybridized carbons (Fsp3) is 0.765. The monoisotopic (exact) mass is 610 g/mol. The molecule has 5 rings (SSSR count). The fourth-order valence-corrected chi connectivity index (χ4v) is 12.2. The summed E-state index contributed by atoms with van der Waals surface area (Å²) in [6, 6.07) is 7.76. The molecule has 4 aliphatic carbocycles. The van der Waals surface area contributed by atoms with E-state index in [-0.39, 0.29) is 21.6 Å². The average Bonchev–Trinajstić information content (AvgIpc) is 2.90. The molecule has 0 aliphatic heterocycles. The van der Waals surface area contributed by atoms with Crippen LogP contribution >= 0.6 is 0 Å². The van der Waals surface area contributed by atoms with Crippen LogP contribution in [0.15, 0.2) is 46.9 Å². The maximum Gasteiger partial charge on any atom is 0.416 e. The molecule has 0 bridgehead atoms. The number of sulfone groups is 1. The van der Waals surface area contributed by atoms with Crippen molar-refractivity contribution in [3.05, 3.63) is 42.0 Å². The lowest BCUT2D eigenvalue weighted by atomic mass is 9.42. The molecule has 2 N–H and O–H groups in total. The van der Waals surface area contributed by atoms with Crippen molar-refractivity contribution in [1.29, 1.82) is 0 Å². The molecule has 0 spiro atoms. The number of aliphatic hydroxyl groups is 2. The van der Waals surface area contributed by atoms with Crippen molar-refractivity contribution in [2.45, 2.75) is 126 Å². The van der Waals surface area contributed by atoms with E-state index in [1.165, 1.54) is 17.7 Å². The molecule has 10 atom stereocenters. The molecule has 4 nitrogen and oxygen atoms in total. The SMILES string of the molecule is C[C@H](C(C[C@](C)(O)C(F)(F)F)S(=O)(=O)c1ccccc1)[C@H]1CCC[C@H]2[C@@H]3CC=C4C[C@@](C)(O)CC[C@]4(C)[C@H]3CC[C@]12C. The average molecular weight is 611 g/mol. The first kappa shape index (κ1) is 32.0. The highest BCUT2D eigenvalue weighted by molar-refractivity contribution is 7.92. The Morgan fingerprint density at radius 2 is 1.67 bits per heavy atom. The van der Waals surface area contributed by atoms with E-state index in [9.17, 15) is 31.8 Å². The van der Waals surface area contributed by atoms with E-state index < -0.39 is 44.8 Å². The molecule has 0 amide bonds. The van der Waals surface area contributed by atoms with Crippen LogP contribution in [0, 0.1) is 40.4 Å². The zero-order valence-corrected chi connectivity index (χ0v) is 26.6. The molecule has 0 heterocycles. The summed E-state index contributed by atoms with van der Waals surface area (Å²) in [5.74, 6) is 0.657. The number of allylic oxidation sites excluding steroid dienone is 1. The summed E-state index contributed by atoms with van der Waals surface area (Å²) < 4.78 is 70.0. The predicted molar refractivity (Wildman–Crippen MR) is 158 cm³/mol. The van der Waals surface area contributed by atoms with E-state index in [0.717, 1.165) is 51.4 Å². The van der Waals surface area contributed by atoms with Gasteiger partial charge in [-0.25, -0.2) is 8.42 Å². The van der Waals surface area contributed by atoms with Crippen LogP contribution < -0.4 is 0 Å². The molecule has 4 aliphatic rings. The highest BCUT2D eigenvalue weighted by atomic mass is 32.2. The van der Waals surface area contributed by atoms with E-state index in [1.807, 2.05) is 13.8 Å². The second-order valence-electron chi connectivity index (χ2n) is 15.2. The van der Waals surface area contributed by atoms with Gasteiger partial charge in [0.2, 0.25) is 0 Å². The fourth-order valence-electron chi connectivity index (χ4n) is 10.0. The van der Waals surface area contributed by atoms with Gasteiger partial charge in [0, 0.05) is 6.42 Å². The second kappa shape index (κ2) is 10.6.